The Bertz CT molecular complexity index is 861. The molecular weight excluding hydrogens is 290 g/mol. The first-order valence-electron chi connectivity index (χ1n) is 8.68. The second kappa shape index (κ2) is 9.57. The first-order valence-corrected chi connectivity index (χ1v) is 8.68. The van der Waals surface area contributed by atoms with E-state index in [1.54, 1.807) is 0 Å². The van der Waals surface area contributed by atoms with E-state index in [0.29, 0.717) is 0 Å². The molecule has 0 amide bonds. The minimum atomic E-state index is 1.01. The van der Waals surface area contributed by atoms with Crippen molar-refractivity contribution in [1.82, 2.24) is 0 Å². The van der Waals surface area contributed by atoms with Crippen LogP contribution in [0.4, 0.5) is 11.4 Å². The minimum Gasteiger partial charge on any atom is -0.355 e. The first-order chi connectivity index (χ1) is 11.6. The largest absolute Gasteiger partial charge is 0.355 e. The predicted octanol–water partition coefficient (Wildman–Crippen LogP) is 5.76. The van der Waals surface area contributed by atoms with Gasteiger partial charge in [-0.2, -0.15) is 0 Å². The molecule has 1 nitrogen and oxygen atoms in total. The average molecular weight is 319 g/mol. The van der Waals surface area contributed by atoms with Crippen LogP contribution in [0.5, 0.6) is 0 Å². The number of aryl methyl sites for hydroxylation is 1. The Hall–Kier alpha value is -2.54. The van der Waals surface area contributed by atoms with Gasteiger partial charge in [0.15, 0.2) is 0 Å². The molecule has 0 saturated heterocycles. The molecule has 0 radical (unpaired) electrons. The molecule has 0 saturated carbocycles. The fourth-order valence-electron chi connectivity index (χ4n) is 2.41. The molecule has 0 heterocycles. The van der Waals surface area contributed by atoms with E-state index in [1.807, 2.05) is 39.8 Å². The third-order valence-corrected chi connectivity index (χ3v) is 3.57. The predicted molar refractivity (Wildman–Crippen MR) is 111 cm³/mol. The number of benzene rings is 3. The molecule has 3 rings (SSSR count). The highest BCUT2D eigenvalue weighted by molar-refractivity contribution is 5.88. The summed E-state index contributed by atoms with van der Waals surface area (Å²) in [5.41, 5.74) is 3.33. The molecule has 0 aliphatic heterocycles. The summed E-state index contributed by atoms with van der Waals surface area (Å²) in [6.07, 6.45) is 0. The van der Waals surface area contributed by atoms with Crippen LogP contribution in [0.25, 0.3) is 23.9 Å². The van der Waals surface area contributed by atoms with Crippen molar-refractivity contribution in [3.05, 3.63) is 70.6 Å². The van der Waals surface area contributed by atoms with Gasteiger partial charge in [-0.05, 0) is 46.3 Å². The van der Waals surface area contributed by atoms with E-state index in [2.05, 4.69) is 67.9 Å². The molecule has 1 heteroatoms. The summed E-state index contributed by atoms with van der Waals surface area (Å²) in [4.78, 5) is 0. The Kier molecular flexibility index (Phi) is 7.77. The molecule has 0 spiro atoms. The molecule has 3 aromatic rings. The van der Waals surface area contributed by atoms with Crippen molar-refractivity contribution < 1.29 is 0 Å². The van der Waals surface area contributed by atoms with Crippen molar-refractivity contribution >= 4 is 35.3 Å². The first kappa shape index (κ1) is 19.5. The van der Waals surface area contributed by atoms with Crippen LogP contribution in [0, 0.1) is 6.92 Å². The average Bonchev–Trinajstić information content (AvgIpc) is 2.65. The maximum absolute atomic E-state index is 4.21. The zero-order valence-electron chi connectivity index (χ0n) is 15.6. The highest BCUT2D eigenvalue weighted by atomic mass is 14.9. The van der Waals surface area contributed by atoms with Crippen molar-refractivity contribution in [1.29, 1.82) is 0 Å². The maximum Gasteiger partial charge on any atom is 0.0464 e. The smallest absolute Gasteiger partial charge is 0.0464 e. The van der Waals surface area contributed by atoms with Crippen molar-refractivity contribution in [3.63, 3.8) is 0 Å². The number of anilines is 2. The quantitative estimate of drug-likeness (QED) is 0.632. The van der Waals surface area contributed by atoms with Gasteiger partial charge in [-0.25, -0.2) is 0 Å². The standard InChI is InChI=1S/C19H17N.2C2H6/c1-13-8-10-16(11-9-13)20-19-12-14(2)17-6-4-5-7-18(17)15(19)3;2*1-2/h4-12,20H,2-3H2,1H3;2*1-2H3. The molecule has 0 aliphatic carbocycles. The number of nitrogens with one attached hydrogen (secondary N) is 1. The molecule has 24 heavy (non-hydrogen) atoms. The lowest BCUT2D eigenvalue weighted by Crippen LogP contribution is -2.14. The number of hydrogen-bond acceptors (Lipinski definition) is 1. The number of rotatable bonds is 2. The van der Waals surface area contributed by atoms with Crippen LogP contribution < -0.4 is 15.8 Å². The SMILES string of the molecule is C=c1cc(Nc2ccc(C)cc2)c(=C)c2ccccc12.CC.CC. The van der Waals surface area contributed by atoms with Gasteiger partial charge < -0.3 is 5.32 Å². The summed E-state index contributed by atoms with van der Waals surface area (Å²) < 4.78 is 0. The van der Waals surface area contributed by atoms with Gasteiger partial charge in [0.2, 0.25) is 0 Å². The third-order valence-electron chi connectivity index (χ3n) is 3.57. The van der Waals surface area contributed by atoms with Crippen molar-refractivity contribution in [2.75, 3.05) is 5.32 Å². The van der Waals surface area contributed by atoms with Crippen LogP contribution in [-0.4, -0.2) is 0 Å². The normalized spacial score (nSPS) is 9.38. The summed E-state index contributed by atoms with van der Waals surface area (Å²) in [6, 6.07) is 18.6. The molecule has 3 aromatic carbocycles. The lowest BCUT2D eigenvalue weighted by atomic mass is 10.1. The van der Waals surface area contributed by atoms with Gasteiger partial charge in [0.1, 0.15) is 0 Å². The second-order valence-electron chi connectivity index (χ2n) is 5.10. The van der Waals surface area contributed by atoms with E-state index in [1.165, 1.54) is 5.56 Å². The molecule has 0 bridgehead atoms. The van der Waals surface area contributed by atoms with Gasteiger partial charge in [0, 0.05) is 11.4 Å². The summed E-state index contributed by atoms with van der Waals surface area (Å²) in [6.45, 7) is 18.4. The minimum absolute atomic E-state index is 1.01. The van der Waals surface area contributed by atoms with Crippen LogP contribution >= 0.6 is 0 Å². The Morgan fingerprint density at radius 3 is 1.88 bits per heavy atom. The summed E-state index contributed by atoms with van der Waals surface area (Å²) in [7, 11) is 0. The fraction of sp³-hybridized carbons (Fsp3) is 0.217. The Labute approximate surface area is 146 Å². The lowest BCUT2D eigenvalue weighted by molar-refractivity contribution is 1.45. The summed E-state index contributed by atoms with van der Waals surface area (Å²) >= 11 is 0. The van der Waals surface area contributed by atoms with E-state index in [9.17, 15) is 0 Å². The zero-order valence-corrected chi connectivity index (χ0v) is 15.6. The molecule has 126 valence electrons. The van der Waals surface area contributed by atoms with Gasteiger partial charge in [0.05, 0.1) is 0 Å². The van der Waals surface area contributed by atoms with Crippen LogP contribution in [0.1, 0.15) is 33.3 Å². The van der Waals surface area contributed by atoms with Crippen molar-refractivity contribution in [2.24, 2.45) is 0 Å². The van der Waals surface area contributed by atoms with E-state index in [0.717, 1.165) is 32.6 Å². The second-order valence-corrected chi connectivity index (χ2v) is 5.10. The van der Waals surface area contributed by atoms with E-state index in [4.69, 9.17) is 0 Å². The van der Waals surface area contributed by atoms with Gasteiger partial charge >= 0.3 is 0 Å². The number of fused-ring (bicyclic) bond motifs is 1. The summed E-state index contributed by atoms with van der Waals surface area (Å²) in [5.74, 6) is 0. The van der Waals surface area contributed by atoms with Crippen molar-refractivity contribution in [3.8, 4) is 0 Å². The van der Waals surface area contributed by atoms with E-state index >= 15 is 0 Å². The third kappa shape index (κ3) is 4.48. The molecular formula is C23H29N. The molecule has 0 fully saturated rings. The van der Waals surface area contributed by atoms with Crippen molar-refractivity contribution in [2.45, 2.75) is 34.6 Å². The van der Waals surface area contributed by atoms with Crippen LogP contribution in [-0.2, 0) is 0 Å². The van der Waals surface area contributed by atoms with E-state index in [-0.39, 0.29) is 0 Å². The Morgan fingerprint density at radius 1 is 0.750 bits per heavy atom. The number of hydrogen-bond donors (Lipinski definition) is 1. The molecule has 1 N–H and O–H groups in total. The van der Waals surface area contributed by atoms with Gasteiger partial charge in [-0.3, -0.25) is 0 Å². The molecule has 0 atom stereocenters. The summed E-state index contributed by atoms with van der Waals surface area (Å²) in [5, 5.41) is 7.76. The van der Waals surface area contributed by atoms with Crippen LogP contribution in [0.15, 0.2) is 54.6 Å². The van der Waals surface area contributed by atoms with Crippen LogP contribution in [0.3, 0.4) is 0 Å². The molecule has 0 aromatic heterocycles. The monoisotopic (exact) mass is 319 g/mol. The highest BCUT2D eigenvalue weighted by Gasteiger charge is 2.01. The molecule has 0 unspecified atom stereocenters. The van der Waals surface area contributed by atoms with Gasteiger partial charge in [-0.15, -0.1) is 0 Å². The topological polar surface area (TPSA) is 12.0 Å². The fourth-order valence-corrected chi connectivity index (χ4v) is 2.41. The van der Waals surface area contributed by atoms with Gasteiger partial charge in [0.25, 0.3) is 0 Å². The highest BCUT2D eigenvalue weighted by Crippen LogP contribution is 2.15. The zero-order chi connectivity index (χ0) is 18.1. The molecule has 0 aliphatic rings. The van der Waals surface area contributed by atoms with E-state index < -0.39 is 0 Å². The Morgan fingerprint density at radius 2 is 1.29 bits per heavy atom. The maximum atomic E-state index is 4.21. The van der Waals surface area contributed by atoms with Crippen LogP contribution in [0.2, 0.25) is 0 Å². The van der Waals surface area contributed by atoms with Gasteiger partial charge in [-0.1, -0.05) is 82.8 Å². The Balaban J connectivity index is 0.000000671. The lowest BCUT2D eigenvalue weighted by Gasteiger charge is -2.10.